The van der Waals surface area contributed by atoms with Crippen LogP contribution in [0.5, 0.6) is 0 Å². The fraction of sp³-hybridized carbons (Fsp3) is 0.517. The Morgan fingerprint density at radius 3 is 2.38 bits per heavy atom. The maximum absolute atomic E-state index is 13.2. The highest BCUT2D eigenvalue weighted by Gasteiger charge is 2.27. The van der Waals surface area contributed by atoms with Gasteiger partial charge in [0.2, 0.25) is 21.8 Å². The highest BCUT2D eigenvalue weighted by atomic mass is 32.2. The molecule has 0 aromatic heterocycles. The van der Waals surface area contributed by atoms with Gasteiger partial charge in [0.25, 0.3) is 0 Å². The van der Waals surface area contributed by atoms with Gasteiger partial charge in [-0.05, 0) is 80.9 Å². The number of piperidine rings is 1. The molecule has 2 aromatic rings. The summed E-state index contributed by atoms with van der Waals surface area (Å²) in [5.74, 6) is -0.363. The molecule has 2 amide bonds. The van der Waals surface area contributed by atoms with Gasteiger partial charge >= 0.3 is 0 Å². The number of nitrogens with zero attached hydrogens (tertiary/aromatic N) is 2. The fourth-order valence-electron chi connectivity index (χ4n) is 5.30. The summed E-state index contributed by atoms with van der Waals surface area (Å²) in [6.45, 7) is 4.04. The van der Waals surface area contributed by atoms with Crippen LogP contribution >= 0.6 is 0 Å². The number of rotatable bonds is 7. The van der Waals surface area contributed by atoms with E-state index in [4.69, 9.17) is 0 Å². The van der Waals surface area contributed by atoms with Gasteiger partial charge in [-0.15, -0.1) is 0 Å². The maximum atomic E-state index is 13.2. The lowest BCUT2D eigenvalue weighted by atomic mass is 9.94. The average Bonchev–Trinajstić information content (AvgIpc) is 2.99. The average molecular weight is 559 g/mol. The number of halogens is 1. The number of nitrogens with one attached hydrogen (secondary N) is 2. The maximum Gasteiger partial charge on any atom is 0.243 e. The van der Waals surface area contributed by atoms with E-state index in [0.29, 0.717) is 38.3 Å². The molecule has 1 unspecified atom stereocenters. The number of carbonyl (C=O) groups is 2. The zero-order chi connectivity index (χ0) is 27.7. The van der Waals surface area contributed by atoms with E-state index in [-0.39, 0.29) is 48.0 Å². The zero-order valence-corrected chi connectivity index (χ0v) is 23.2. The van der Waals surface area contributed by atoms with E-state index in [2.05, 4.69) is 15.5 Å². The molecular formula is C29H39FN4O4S. The fourth-order valence-corrected chi connectivity index (χ4v) is 6.80. The smallest absolute Gasteiger partial charge is 0.243 e. The molecule has 0 radical (unpaired) electrons. The lowest BCUT2D eigenvalue weighted by molar-refractivity contribution is -0.126. The van der Waals surface area contributed by atoms with E-state index >= 15 is 0 Å². The van der Waals surface area contributed by atoms with Crippen LogP contribution in [0.4, 0.5) is 4.39 Å². The number of likely N-dealkylation sites (tertiary alicyclic amines) is 1. The summed E-state index contributed by atoms with van der Waals surface area (Å²) in [6, 6.07) is 14.9. The van der Waals surface area contributed by atoms with Crippen molar-refractivity contribution in [3.8, 4) is 0 Å². The van der Waals surface area contributed by atoms with Gasteiger partial charge in [0.15, 0.2) is 0 Å². The first-order chi connectivity index (χ1) is 18.8. The summed E-state index contributed by atoms with van der Waals surface area (Å²) in [4.78, 5) is 28.0. The molecule has 10 heteroatoms. The van der Waals surface area contributed by atoms with Crippen molar-refractivity contribution in [2.75, 3.05) is 39.3 Å². The van der Waals surface area contributed by atoms with E-state index in [9.17, 15) is 22.4 Å². The molecule has 0 aliphatic carbocycles. The summed E-state index contributed by atoms with van der Waals surface area (Å²) < 4.78 is 40.9. The van der Waals surface area contributed by atoms with Gasteiger partial charge in [-0.3, -0.25) is 14.5 Å². The van der Waals surface area contributed by atoms with Crippen molar-refractivity contribution < 1.29 is 22.4 Å². The Balaban J connectivity index is 1.26. The zero-order valence-electron chi connectivity index (χ0n) is 22.4. The van der Waals surface area contributed by atoms with Crippen molar-refractivity contribution in [2.24, 2.45) is 11.8 Å². The van der Waals surface area contributed by atoms with Gasteiger partial charge in [0, 0.05) is 45.1 Å². The first-order valence-corrected chi connectivity index (χ1v) is 15.3. The van der Waals surface area contributed by atoms with Crippen LogP contribution in [0.25, 0.3) is 0 Å². The van der Waals surface area contributed by atoms with Crippen LogP contribution < -0.4 is 10.6 Å². The Hall–Kier alpha value is -2.82. The number of amides is 2. The molecule has 2 N–H and O–H groups in total. The van der Waals surface area contributed by atoms with E-state index < -0.39 is 10.0 Å². The molecule has 1 atom stereocenters. The SMILES string of the molecule is O=C1CCN(S(=O)(=O)c2ccccc2)CCCC(C(=O)NCC2CCN(Cc3ccc(F)cc3)CC2)CCN1. The van der Waals surface area contributed by atoms with Gasteiger partial charge < -0.3 is 10.6 Å². The molecular weight excluding hydrogens is 519 g/mol. The molecule has 2 aliphatic rings. The third-order valence-corrected chi connectivity index (χ3v) is 9.62. The van der Waals surface area contributed by atoms with Crippen molar-refractivity contribution >= 4 is 21.8 Å². The minimum atomic E-state index is -3.72. The number of hydrogen-bond acceptors (Lipinski definition) is 5. The van der Waals surface area contributed by atoms with Crippen LogP contribution in [0.3, 0.4) is 0 Å². The van der Waals surface area contributed by atoms with Crippen LogP contribution in [0.2, 0.25) is 0 Å². The summed E-state index contributed by atoms with van der Waals surface area (Å²) in [5.41, 5.74) is 1.09. The summed E-state index contributed by atoms with van der Waals surface area (Å²) >= 11 is 0. The molecule has 2 fully saturated rings. The lowest BCUT2D eigenvalue weighted by Crippen LogP contribution is -2.40. The molecule has 2 aromatic carbocycles. The third-order valence-electron chi connectivity index (χ3n) is 7.71. The highest BCUT2D eigenvalue weighted by Crippen LogP contribution is 2.21. The van der Waals surface area contributed by atoms with E-state index in [1.54, 1.807) is 30.3 Å². The van der Waals surface area contributed by atoms with Crippen molar-refractivity contribution in [1.29, 1.82) is 0 Å². The van der Waals surface area contributed by atoms with Gasteiger partial charge in [-0.25, -0.2) is 12.8 Å². The first kappa shape index (κ1) is 29.2. The Labute approximate surface area is 231 Å². The van der Waals surface area contributed by atoms with Gasteiger partial charge in [0.1, 0.15) is 5.82 Å². The molecule has 8 nitrogen and oxygen atoms in total. The molecule has 2 saturated heterocycles. The molecule has 0 saturated carbocycles. The van der Waals surface area contributed by atoms with Crippen LogP contribution in [0.1, 0.15) is 44.1 Å². The number of benzene rings is 2. The molecule has 4 rings (SSSR count). The molecule has 0 bridgehead atoms. The largest absolute Gasteiger partial charge is 0.356 e. The second kappa shape index (κ2) is 14.0. The van der Waals surface area contributed by atoms with Gasteiger partial charge in [0.05, 0.1) is 4.90 Å². The normalized spacial score (nSPS) is 21.1. The summed E-state index contributed by atoms with van der Waals surface area (Å²) in [6.07, 6.45) is 3.67. The topological polar surface area (TPSA) is 98.8 Å². The van der Waals surface area contributed by atoms with E-state index in [0.717, 1.165) is 38.0 Å². The lowest BCUT2D eigenvalue weighted by Gasteiger charge is -2.32. The number of carbonyl (C=O) groups excluding carboxylic acids is 2. The van der Waals surface area contributed by atoms with Crippen molar-refractivity contribution in [1.82, 2.24) is 19.8 Å². The van der Waals surface area contributed by atoms with Crippen LogP contribution in [0, 0.1) is 17.7 Å². The summed E-state index contributed by atoms with van der Waals surface area (Å²) in [7, 11) is -3.72. The van der Waals surface area contributed by atoms with E-state index in [1.807, 2.05) is 12.1 Å². The molecule has 0 spiro atoms. The Morgan fingerprint density at radius 1 is 0.949 bits per heavy atom. The molecule has 39 heavy (non-hydrogen) atoms. The molecule has 2 aliphatic heterocycles. The predicted molar refractivity (Wildman–Crippen MR) is 148 cm³/mol. The van der Waals surface area contributed by atoms with Gasteiger partial charge in [-0.2, -0.15) is 4.31 Å². The van der Waals surface area contributed by atoms with E-state index in [1.165, 1.54) is 16.4 Å². The van der Waals surface area contributed by atoms with Crippen molar-refractivity contribution in [2.45, 2.75) is 50.0 Å². The second-order valence-electron chi connectivity index (χ2n) is 10.5. The number of sulfonamides is 1. The predicted octanol–water partition coefficient (Wildman–Crippen LogP) is 3.15. The van der Waals surface area contributed by atoms with Crippen molar-refractivity contribution in [3.63, 3.8) is 0 Å². The van der Waals surface area contributed by atoms with Crippen LogP contribution in [-0.4, -0.2) is 68.7 Å². The minimum Gasteiger partial charge on any atom is -0.356 e. The Kier molecular flexibility index (Phi) is 10.5. The summed E-state index contributed by atoms with van der Waals surface area (Å²) in [5, 5.41) is 5.97. The first-order valence-electron chi connectivity index (χ1n) is 13.9. The molecule has 212 valence electrons. The second-order valence-corrected chi connectivity index (χ2v) is 12.5. The highest BCUT2D eigenvalue weighted by molar-refractivity contribution is 7.89. The molecule has 2 heterocycles. The standard InChI is InChI=1S/C29H39FN4O4S/c30-26-10-8-24(9-11-26)22-33-18-13-23(14-19-33)21-32-29(36)25-5-4-17-34(20-15-28(35)31-16-12-25)39(37,38)27-6-2-1-3-7-27/h1-3,6-11,23,25H,4-5,12-22H2,(H,31,35)(H,32,36). The Bertz CT molecular complexity index is 1190. The van der Waals surface area contributed by atoms with Crippen LogP contribution in [-0.2, 0) is 26.2 Å². The van der Waals surface area contributed by atoms with Crippen molar-refractivity contribution in [3.05, 3.63) is 66.0 Å². The third kappa shape index (κ3) is 8.58. The quantitative estimate of drug-likeness (QED) is 0.544. The number of hydrogen-bond donors (Lipinski definition) is 2. The van der Waals surface area contributed by atoms with Gasteiger partial charge in [-0.1, -0.05) is 30.3 Å². The Morgan fingerprint density at radius 2 is 1.67 bits per heavy atom. The minimum absolute atomic E-state index is 0.0327. The monoisotopic (exact) mass is 558 g/mol. The van der Waals surface area contributed by atoms with Crippen LogP contribution in [0.15, 0.2) is 59.5 Å².